The maximum absolute atomic E-state index is 13.5. The second-order valence-corrected chi connectivity index (χ2v) is 12.1. The highest BCUT2D eigenvalue weighted by Crippen LogP contribution is 2.30. The molecule has 4 aromatic carbocycles. The molecule has 0 N–H and O–H groups in total. The third-order valence-corrected chi connectivity index (χ3v) is 8.90. The van der Waals surface area contributed by atoms with Gasteiger partial charge in [-0.05, 0) is 91.9 Å². The lowest BCUT2D eigenvalue weighted by Crippen LogP contribution is -2.18. The van der Waals surface area contributed by atoms with Crippen LogP contribution in [0.25, 0.3) is 0 Å². The topological polar surface area (TPSA) is 72.8 Å². The molecule has 1 aliphatic carbocycles. The van der Waals surface area contributed by atoms with Gasteiger partial charge in [-0.2, -0.15) is 0 Å². The van der Waals surface area contributed by atoms with Crippen LogP contribution >= 0.6 is 11.8 Å². The summed E-state index contributed by atoms with van der Waals surface area (Å²) >= 11 is 1.55. The number of carbonyl (C=O) groups excluding carboxylic acids is 3. The molecule has 0 aromatic heterocycles. The monoisotopic (exact) mass is 589 g/mol. The van der Waals surface area contributed by atoms with E-state index < -0.39 is 5.97 Å². The highest BCUT2D eigenvalue weighted by molar-refractivity contribution is 7.99. The van der Waals surface area contributed by atoms with Crippen LogP contribution in [0.2, 0.25) is 0 Å². The molecule has 5 nitrogen and oxygen atoms in total. The van der Waals surface area contributed by atoms with Crippen molar-refractivity contribution in [3.63, 3.8) is 0 Å². The summed E-state index contributed by atoms with van der Waals surface area (Å²) in [6.45, 7) is 1.94. The Hall–Kier alpha value is -4.29. The third kappa shape index (κ3) is 8.17. The van der Waals surface area contributed by atoms with E-state index in [0.29, 0.717) is 34.6 Å². The zero-order valence-electron chi connectivity index (χ0n) is 24.3. The van der Waals surface area contributed by atoms with Crippen molar-refractivity contribution in [3.05, 3.63) is 131 Å². The van der Waals surface area contributed by atoms with Gasteiger partial charge in [-0.1, -0.05) is 91.5 Å². The highest BCUT2D eigenvalue weighted by atomic mass is 32.2. The Balaban J connectivity index is 1.25. The van der Waals surface area contributed by atoms with Gasteiger partial charge in [0.1, 0.15) is 5.71 Å². The fraction of sp³-hybridized carbons (Fsp3) is 0.243. The van der Waals surface area contributed by atoms with Gasteiger partial charge in [0, 0.05) is 26.5 Å². The Bertz CT molecular complexity index is 1590. The summed E-state index contributed by atoms with van der Waals surface area (Å²) in [5.41, 5.74) is 3.47. The van der Waals surface area contributed by atoms with E-state index in [1.807, 2.05) is 73.7 Å². The Kier molecular flexibility index (Phi) is 10.3. The van der Waals surface area contributed by atoms with Crippen LogP contribution in [0.1, 0.15) is 87.1 Å². The summed E-state index contributed by atoms with van der Waals surface area (Å²) < 4.78 is 0. The van der Waals surface area contributed by atoms with E-state index in [2.05, 4.69) is 5.16 Å². The molecule has 43 heavy (non-hydrogen) atoms. The quantitative estimate of drug-likeness (QED) is 0.0755. The fourth-order valence-corrected chi connectivity index (χ4v) is 6.19. The Labute approximate surface area is 257 Å². The predicted molar refractivity (Wildman–Crippen MR) is 171 cm³/mol. The number of oxime groups is 1. The average Bonchev–Trinajstić information content (AvgIpc) is 3.06. The van der Waals surface area contributed by atoms with Gasteiger partial charge in [0.2, 0.25) is 5.78 Å². The van der Waals surface area contributed by atoms with Crippen LogP contribution in [0.5, 0.6) is 0 Å². The van der Waals surface area contributed by atoms with E-state index in [9.17, 15) is 14.4 Å². The van der Waals surface area contributed by atoms with Crippen molar-refractivity contribution in [2.75, 3.05) is 0 Å². The third-order valence-electron chi connectivity index (χ3n) is 7.88. The number of hydrogen-bond donors (Lipinski definition) is 0. The maximum atomic E-state index is 13.5. The molecule has 0 saturated heterocycles. The summed E-state index contributed by atoms with van der Waals surface area (Å²) in [5.74, 6) is -0.240. The van der Waals surface area contributed by atoms with Crippen molar-refractivity contribution in [2.24, 2.45) is 11.1 Å². The van der Waals surface area contributed by atoms with Crippen molar-refractivity contribution in [1.82, 2.24) is 0 Å². The van der Waals surface area contributed by atoms with Crippen molar-refractivity contribution >= 4 is 35.0 Å². The van der Waals surface area contributed by atoms with Crippen molar-refractivity contribution in [1.29, 1.82) is 0 Å². The molecule has 4 aromatic rings. The molecule has 0 heterocycles. The number of nitrogens with zero attached hydrogens (tertiary/aromatic N) is 1. The number of benzene rings is 4. The largest absolute Gasteiger partial charge is 0.365 e. The minimum absolute atomic E-state index is 0.00733. The number of rotatable bonds is 11. The fourth-order valence-electron chi connectivity index (χ4n) is 5.38. The molecule has 0 unspecified atom stereocenters. The first-order chi connectivity index (χ1) is 21.0. The molecule has 1 fully saturated rings. The van der Waals surface area contributed by atoms with Gasteiger partial charge in [0.05, 0.1) is 5.56 Å². The number of ketones is 2. The predicted octanol–water partition coefficient (Wildman–Crippen LogP) is 9.13. The summed E-state index contributed by atoms with van der Waals surface area (Å²) in [6.07, 6.45) is 7.36. The van der Waals surface area contributed by atoms with Gasteiger partial charge < -0.3 is 4.84 Å². The molecule has 0 atom stereocenters. The molecule has 0 bridgehead atoms. The molecule has 1 saturated carbocycles. The molecule has 0 radical (unpaired) electrons. The van der Waals surface area contributed by atoms with E-state index in [-0.39, 0.29) is 17.3 Å². The van der Waals surface area contributed by atoms with Gasteiger partial charge in [-0.3, -0.25) is 9.59 Å². The first-order valence-corrected chi connectivity index (χ1v) is 15.7. The zero-order chi connectivity index (χ0) is 30.0. The van der Waals surface area contributed by atoms with Gasteiger partial charge >= 0.3 is 5.97 Å². The molecule has 5 rings (SSSR count). The SMILES string of the molecule is Cc1ccccc1C(=O)c1ccc(Sc2ccc(C(=O)/C(CCC3CCCCC3)=N/OC(=O)c3ccccc3)cc2)cc1. The van der Waals surface area contributed by atoms with E-state index >= 15 is 0 Å². The minimum Gasteiger partial charge on any atom is -0.312 e. The summed E-state index contributed by atoms with van der Waals surface area (Å²) in [4.78, 5) is 46.1. The van der Waals surface area contributed by atoms with Gasteiger partial charge in [-0.25, -0.2) is 4.79 Å². The molecule has 0 aliphatic heterocycles. The molecule has 218 valence electrons. The summed E-state index contributed by atoms with van der Waals surface area (Å²) in [7, 11) is 0. The molecular formula is C37H35NO4S. The van der Waals surface area contributed by atoms with E-state index in [4.69, 9.17) is 4.84 Å². The zero-order valence-corrected chi connectivity index (χ0v) is 25.1. The summed E-state index contributed by atoms with van der Waals surface area (Å²) in [5, 5.41) is 4.09. The molecule has 0 amide bonds. The lowest BCUT2D eigenvalue weighted by atomic mass is 9.85. The van der Waals surface area contributed by atoms with Crippen molar-refractivity contribution < 1.29 is 19.2 Å². The Morgan fingerprint density at radius 1 is 0.721 bits per heavy atom. The van der Waals surface area contributed by atoms with E-state index in [0.717, 1.165) is 34.6 Å². The van der Waals surface area contributed by atoms with E-state index in [1.165, 1.54) is 19.3 Å². The van der Waals surface area contributed by atoms with Gasteiger partial charge in [-0.15, -0.1) is 0 Å². The van der Waals surface area contributed by atoms with Crippen LogP contribution in [-0.2, 0) is 4.84 Å². The standard InChI is InChI=1S/C37H35NO4S/c1-26-10-8-9-15-33(26)35(39)28-17-21-31(22-18-28)43-32-23-19-29(20-24-32)36(40)34(25-16-27-11-4-2-5-12-27)38-42-37(41)30-13-6-3-7-14-30/h3,6-10,13-15,17-24,27H,2,4-5,11-12,16,25H2,1H3/b38-34+. The van der Waals surface area contributed by atoms with Crippen molar-refractivity contribution in [2.45, 2.75) is 61.7 Å². The lowest BCUT2D eigenvalue weighted by molar-refractivity contribution is 0.0514. The first kappa shape index (κ1) is 30.2. The van der Waals surface area contributed by atoms with Crippen LogP contribution in [0.15, 0.2) is 118 Å². The van der Waals surface area contributed by atoms with E-state index in [1.54, 1.807) is 48.2 Å². The van der Waals surface area contributed by atoms with Gasteiger partial charge in [0.15, 0.2) is 5.78 Å². The average molecular weight is 590 g/mol. The highest BCUT2D eigenvalue weighted by Gasteiger charge is 2.20. The number of carbonyl (C=O) groups is 3. The molecule has 6 heteroatoms. The Morgan fingerprint density at radius 3 is 1.98 bits per heavy atom. The van der Waals surface area contributed by atoms with Crippen LogP contribution in [0.4, 0.5) is 0 Å². The van der Waals surface area contributed by atoms with Crippen LogP contribution in [0.3, 0.4) is 0 Å². The maximum Gasteiger partial charge on any atom is 0.365 e. The molecule has 0 spiro atoms. The molecule has 1 aliphatic rings. The van der Waals surface area contributed by atoms with Crippen molar-refractivity contribution in [3.8, 4) is 0 Å². The normalized spacial score (nSPS) is 13.8. The smallest absolute Gasteiger partial charge is 0.312 e. The van der Waals surface area contributed by atoms with Crippen LogP contribution in [0, 0.1) is 12.8 Å². The second-order valence-electron chi connectivity index (χ2n) is 10.9. The van der Waals surface area contributed by atoms with Crippen LogP contribution < -0.4 is 0 Å². The second kappa shape index (κ2) is 14.7. The van der Waals surface area contributed by atoms with Crippen LogP contribution in [-0.4, -0.2) is 23.2 Å². The lowest BCUT2D eigenvalue weighted by Gasteiger charge is -2.21. The Morgan fingerprint density at radius 2 is 1.33 bits per heavy atom. The molecular weight excluding hydrogens is 554 g/mol. The number of aryl methyl sites for hydroxylation is 1. The number of hydrogen-bond acceptors (Lipinski definition) is 6. The van der Waals surface area contributed by atoms with Gasteiger partial charge in [0.25, 0.3) is 0 Å². The minimum atomic E-state index is -0.582. The summed E-state index contributed by atoms with van der Waals surface area (Å²) in [6, 6.07) is 31.2. The first-order valence-electron chi connectivity index (χ1n) is 14.8. The number of Topliss-reactive ketones (excluding diaryl/α,β-unsaturated/α-hetero) is 1.